The Morgan fingerprint density at radius 3 is 2.71 bits per heavy atom. The molecule has 0 amide bonds. The van der Waals surface area contributed by atoms with E-state index in [4.69, 9.17) is 16.3 Å². The van der Waals surface area contributed by atoms with Gasteiger partial charge in [-0.1, -0.05) is 29.5 Å². The van der Waals surface area contributed by atoms with Crippen LogP contribution >= 0.6 is 22.9 Å². The first-order valence-corrected chi connectivity index (χ1v) is 5.53. The second-order valence-corrected chi connectivity index (χ2v) is 3.74. The largest absolute Gasteiger partial charge is 0.431 e. The molecule has 0 saturated carbocycles. The van der Waals surface area contributed by atoms with E-state index in [2.05, 4.69) is 4.98 Å². The van der Waals surface area contributed by atoms with Gasteiger partial charge in [0.2, 0.25) is 0 Å². The molecule has 0 aliphatic heterocycles. The summed E-state index contributed by atoms with van der Waals surface area (Å²) in [6, 6.07) is 9.57. The Hall–Kier alpha value is -1.06. The summed E-state index contributed by atoms with van der Waals surface area (Å²) < 4.78 is 5.51. The second kappa shape index (κ2) is 4.44. The lowest BCUT2D eigenvalue weighted by molar-refractivity contribution is 0.478. The standard InChI is InChI=1S/C10H8ClNOS/c11-6-8-7-14-10(12-8)13-9-4-2-1-3-5-9/h1-5,7H,6H2. The average Bonchev–Trinajstić information content (AvgIpc) is 2.67. The minimum absolute atomic E-state index is 0.425. The first-order valence-electron chi connectivity index (χ1n) is 4.12. The topological polar surface area (TPSA) is 22.1 Å². The van der Waals surface area contributed by atoms with E-state index in [0.29, 0.717) is 11.1 Å². The zero-order valence-corrected chi connectivity index (χ0v) is 8.89. The predicted octanol–water partition coefficient (Wildman–Crippen LogP) is 3.67. The monoisotopic (exact) mass is 225 g/mol. The van der Waals surface area contributed by atoms with Crippen LogP contribution < -0.4 is 4.74 Å². The molecular weight excluding hydrogens is 218 g/mol. The van der Waals surface area contributed by atoms with Gasteiger partial charge in [0.15, 0.2) is 0 Å². The third-order valence-corrected chi connectivity index (χ3v) is 2.66. The van der Waals surface area contributed by atoms with Gasteiger partial charge in [0.05, 0.1) is 11.6 Å². The number of hydrogen-bond donors (Lipinski definition) is 0. The van der Waals surface area contributed by atoms with Crippen LogP contribution in [0.4, 0.5) is 0 Å². The molecule has 0 atom stereocenters. The number of alkyl halides is 1. The van der Waals surface area contributed by atoms with Crippen LogP contribution in [0.1, 0.15) is 5.69 Å². The summed E-state index contributed by atoms with van der Waals surface area (Å²) >= 11 is 7.08. The Labute approximate surface area is 91.1 Å². The minimum atomic E-state index is 0.425. The van der Waals surface area contributed by atoms with Crippen molar-refractivity contribution in [3.05, 3.63) is 41.4 Å². The molecule has 0 spiro atoms. The van der Waals surface area contributed by atoms with Crippen molar-refractivity contribution in [3.8, 4) is 10.9 Å². The highest BCUT2D eigenvalue weighted by molar-refractivity contribution is 7.11. The predicted molar refractivity (Wildman–Crippen MR) is 58.2 cm³/mol. The van der Waals surface area contributed by atoms with Gasteiger partial charge in [-0.3, -0.25) is 0 Å². The fourth-order valence-corrected chi connectivity index (χ4v) is 1.90. The SMILES string of the molecule is ClCc1csc(Oc2ccccc2)n1. The lowest BCUT2D eigenvalue weighted by Crippen LogP contribution is -1.83. The van der Waals surface area contributed by atoms with Crippen molar-refractivity contribution < 1.29 is 4.74 Å². The van der Waals surface area contributed by atoms with Crippen LogP contribution in [0.3, 0.4) is 0 Å². The molecule has 1 heterocycles. The summed E-state index contributed by atoms with van der Waals surface area (Å²) in [5.74, 6) is 1.22. The van der Waals surface area contributed by atoms with E-state index < -0.39 is 0 Å². The van der Waals surface area contributed by atoms with Crippen LogP contribution in [0.5, 0.6) is 10.9 Å². The number of hydrogen-bond acceptors (Lipinski definition) is 3. The molecule has 0 unspecified atom stereocenters. The molecule has 4 heteroatoms. The van der Waals surface area contributed by atoms with E-state index in [-0.39, 0.29) is 0 Å². The Morgan fingerprint density at radius 1 is 1.29 bits per heavy atom. The van der Waals surface area contributed by atoms with E-state index in [0.717, 1.165) is 11.4 Å². The maximum absolute atomic E-state index is 5.63. The number of rotatable bonds is 3. The number of halogens is 1. The zero-order chi connectivity index (χ0) is 9.80. The number of para-hydroxylation sites is 1. The third kappa shape index (κ3) is 2.25. The summed E-state index contributed by atoms with van der Waals surface area (Å²) in [7, 11) is 0. The molecule has 72 valence electrons. The summed E-state index contributed by atoms with van der Waals surface area (Å²) in [5, 5.41) is 2.53. The number of ether oxygens (including phenoxy) is 1. The molecule has 2 nitrogen and oxygen atoms in total. The van der Waals surface area contributed by atoms with Gasteiger partial charge in [0.25, 0.3) is 5.19 Å². The number of benzene rings is 1. The Morgan fingerprint density at radius 2 is 2.07 bits per heavy atom. The quantitative estimate of drug-likeness (QED) is 0.744. The van der Waals surface area contributed by atoms with Crippen LogP contribution in [0.2, 0.25) is 0 Å². The molecule has 1 aromatic heterocycles. The zero-order valence-electron chi connectivity index (χ0n) is 7.31. The fourth-order valence-electron chi connectivity index (χ4n) is 0.986. The summed E-state index contributed by atoms with van der Waals surface area (Å²) in [4.78, 5) is 4.19. The molecule has 0 N–H and O–H groups in total. The number of thiazole rings is 1. The summed E-state index contributed by atoms with van der Waals surface area (Å²) in [5.41, 5.74) is 0.850. The van der Waals surface area contributed by atoms with E-state index in [1.165, 1.54) is 11.3 Å². The van der Waals surface area contributed by atoms with Crippen molar-refractivity contribution in [1.82, 2.24) is 4.98 Å². The average molecular weight is 226 g/mol. The first kappa shape index (κ1) is 9.49. The lowest BCUT2D eigenvalue weighted by Gasteiger charge is -1.99. The molecule has 0 radical (unpaired) electrons. The van der Waals surface area contributed by atoms with E-state index in [1.54, 1.807) is 0 Å². The van der Waals surface area contributed by atoms with Crippen molar-refractivity contribution in [2.24, 2.45) is 0 Å². The smallest absolute Gasteiger partial charge is 0.278 e. The first-order chi connectivity index (χ1) is 6.88. The van der Waals surface area contributed by atoms with Crippen LogP contribution in [0.15, 0.2) is 35.7 Å². The van der Waals surface area contributed by atoms with Crippen molar-refractivity contribution in [3.63, 3.8) is 0 Å². The van der Waals surface area contributed by atoms with Gasteiger partial charge in [-0.05, 0) is 12.1 Å². The molecule has 14 heavy (non-hydrogen) atoms. The second-order valence-electron chi connectivity index (χ2n) is 2.65. The Kier molecular flexibility index (Phi) is 3.01. The molecule has 0 saturated heterocycles. The third-order valence-electron chi connectivity index (χ3n) is 1.62. The molecular formula is C10H8ClNOS. The van der Waals surface area contributed by atoms with Crippen molar-refractivity contribution >= 4 is 22.9 Å². The Bertz CT molecular complexity index is 402. The van der Waals surface area contributed by atoms with Crippen molar-refractivity contribution in [2.75, 3.05) is 0 Å². The highest BCUT2D eigenvalue weighted by Gasteiger charge is 2.02. The molecule has 2 aromatic rings. The number of aromatic nitrogens is 1. The Balaban J connectivity index is 2.11. The molecule has 0 aliphatic carbocycles. The molecule has 1 aromatic carbocycles. The maximum Gasteiger partial charge on any atom is 0.278 e. The number of nitrogens with zero attached hydrogens (tertiary/aromatic N) is 1. The fraction of sp³-hybridized carbons (Fsp3) is 0.100. The van der Waals surface area contributed by atoms with Crippen molar-refractivity contribution in [2.45, 2.75) is 5.88 Å². The highest BCUT2D eigenvalue weighted by Crippen LogP contribution is 2.25. The molecule has 0 fully saturated rings. The van der Waals surface area contributed by atoms with Gasteiger partial charge in [-0.15, -0.1) is 11.6 Å². The van der Waals surface area contributed by atoms with E-state index in [9.17, 15) is 0 Å². The van der Waals surface area contributed by atoms with Gasteiger partial charge in [0.1, 0.15) is 5.75 Å². The van der Waals surface area contributed by atoms with Gasteiger partial charge in [0, 0.05) is 5.38 Å². The van der Waals surface area contributed by atoms with E-state index in [1.807, 2.05) is 35.7 Å². The lowest BCUT2D eigenvalue weighted by atomic mass is 10.3. The molecule has 0 aliphatic rings. The summed E-state index contributed by atoms with van der Waals surface area (Å²) in [6.07, 6.45) is 0. The summed E-state index contributed by atoms with van der Waals surface area (Å²) in [6.45, 7) is 0. The van der Waals surface area contributed by atoms with Gasteiger partial charge >= 0.3 is 0 Å². The van der Waals surface area contributed by atoms with Crippen molar-refractivity contribution in [1.29, 1.82) is 0 Å². The van der Waals surface area contributed by atoms with Crippen LogP contribution in [-0.2, 0) is 5.88 Å². The van der Waals surface area contributed by atoms with Gasteiger partial charge < -0.3 is 4.74 Å². The van der Waals surface area contributed by atoms with Crippen LogP contribution in [-0.4, -0.2) is 4.98 Å². The maximum atomic E-state index is 5.63. The van der Waals surface area contributed by atoms with Gasteiger partial charge in [-0.25, -0.2) is 4.98 Å². The minimum Gasteiger partial charge on any atom is -0.431 e. The van der Waals surface area contributed by atoms with Gasteiger partial charge in [-0.2, -0.15) is 0 Å². The highest BCUT2D eigenvalue weighted by atomic mass is 35.5. The molecule has 0 bridgehead atoms. The van der Waals surface area contributed by atoms with E-state index >= 15 is 0 Å². The normalized spacial score (nSPS) is 10.1. The van der Waals surface area contributed by atoms with Crippen LogP contribution in [0, 0.1) is 0 Å². The molecule has 2 rings (SSSR count). The van der Waals surface area contributed by atoms with Crippen LogP contribution in [0.25, 0.3) is 0 Å².